The summed E-state index contributed by atoms with van der Waals surface area (Å²) in [6.07, 6.45) is 0.666. The van der Waals surface area contributed by atoms with E-state index in [0.29, 0.717) is 30.0 Å². The standard InChI is InChI=1S/C19H20ClFN2O5S/c1-27-14-5-6-16(17(10-14)28-2)22-18(24)19(7-8-19)23-29(25,26)11-12-3-4-13(20)9-15(12)21/h3-6,9-10,23H,7-8,11H2,1-2H3,(H,22,24). The van der Waals surface area contributed by atoms with Crippen molar-refractivity contribution in [3.8, 4) is 11.5 Å². The molecule has 7 nitrogen and oxygen atoms in total. The smallest absolute Gasteiger partial charge is 0.245 e. The van der Waals surface area contributed by atoms with Crippen LogP contribution in [0, 0.1) is 5.82 Å². The van der Waals surface area contributed by atoms with E-state index in [4.69, 9.17) is 21.1 Å². The van der Waals surface area contributed by atoms with Crippen molar-refractivity contribution in [1.29, 1.82) is 0 Å². The molecule has 0 aliphatic heterocycles. The molecule has 3 rings (SSSR count). The Balaban J connectivity index is 1.73. The number of ether oxygens (including phenoxy) is 2. The number of halogens is 2. The monoisotopic (exact) mass is 442 g/mol. The summed E-state index contributed by atoms with van der Waals surface area (Å²) in [6.45, 7) is 0. The molecule has 156 valence electrons. The summed E-state index contributed by atoms with van der Waals surface area (Å²) < 4.78 is 51.7. The Labute approximate surface area is 173 Å². The summed E-state index contributed by atoms with van der Waals surface area (Å²) in [5, 5.41) is 2.85. The van der Waals surface area contributed by atoms with Gasteiger partial charge in [-0.05, 0) is 37.1 Å². The molecule has 29 heavy (non-hydrogen) atoms. The topological polar surface area (TPSA) is 93.7 Å². The predicted molar refractivity (Wildman–Crippen MR) is 107 cm³/mol. The highest BCUT2D eigenvalue weighted by molar-refractivity contribution is 7.88. The van der Waals surface area contributed by atoms with Crippen LogP contribution in [0.25, 0.3) is 0 Å². The van der Waals surface area contributed by atoms with Gasteiger partial charge < -0.3 is 14.8 Å². The van der Waals surface area contributed by atoms with E-state index in [1.54, 1.807) is 18.2 Å². The number of hydrogen-bond acceptors (Lipinski definition) is 5. The van der Waals surface area contributed by atoms with Gasteiger partial charge in [-0.1, -0.05) is 17.7 Å². The maximum Gasteiger partial charge on any atom is 0.245 e. The van der Waals surface area contributed by atoms with Crippen molar-refractivity contribution in [2.75, 3.05) is 19.5 Å². The zero-order valence-electron chi connectivity index (χ0n) is 15.8. The Bertz CT molecular complexity index is 1040. The van der Waals surface area contributed by atoms with Gasteiger partial charge in [0.15, 0.2) is 0 Å². The molecule has 1 saturated carbocycles. The second-order valence-electron chi connectivity index (χ2n) is 6.70. The third-order valence-corrected chi connectivity index (χ3v) is 6.18. The third kappa shape index (κ3) is 4.98. The first-order chi connectivity index (χ1) is 13.7. The Kier molecular flexibility index (Phi) is 6.02. The van der Waals surface area contributed by atoms with E-state index in [2.05, 4.69) is 10.0 Å². The van der Waals surface area contributed by atoms with Crippen LogP contribution in [0.15, 0.2) is 36.4 Å². The molecular formula is C19H20ClFN2O5S. The average Bonchev–Trinajstić information content (AvgIpc) is 3.44. The molecule has 0 aromatic heterocycles. The molecule has 2 aromatic rings. The number of amides is 1. The number of anilines is 1. The number of methoxy groups -OCH3 is 2. The van der Waals surface area contributed by atoms with Gasteiger partial charge >= 0.3 is 0 Å². The molecule has 10 heteroatoms. The molecule has 2 N–H and O–H groups in total. The van der Waals surface area contributed by atoms with Crippen LogP contribution in [0.1, 0.15) is 18.4 Å². The molecule has 0 atom stereocenters. The minimum Gasteiger partial charge on any atom is -0.497 e. The van der Waals surface area contributed by atoms with Crippen molar-refractivity contribution < 1.29 is 27.1 Å². The third-order valence-electron chi connectivity index (χ3n) is 4.55. The van der Waals surface area contributed by atoms with Gasteiger partial charge in [-0.25, -0.2) is 12.8 Å². The lowest BCUT2D eigenvalue weighted by molar-refractivity contribution is -0.118. The molecule has 1 aliphatic carbocycles. The number of sulfonamides is 1. The van der Waals surface area contributed by atoms with Crippen molar-refractivity contribution in [3.05, 3.63) is 52.8 Å². The van der Waals surface area contributed by atoms with Crippen molar-refractivity contribution in [2.45, 2.75) is 24.1 Å². The van der Waals surface area contributed by atoms with Crippen LogP contribution >= 0.6 is 11.6 Å². The number of rotatable bonds is 8. The summed E-state index contributed by atoms with van der Waals surface area (Å²) in [7, 11) is -1.02. The van der Waals surface area contributed by atoms with Crippen molar-refractivity contribution in [2.24, 2.45) is 0 Å². The lowest BCUT2D eigenvalue weighted by Crippen LogP contribution is -2.46. The van der Waals surface area contributed by atoms with Gasteiger partial charge in [-0.3, -0.25) is 4.79 Å². The van der Waals surface area contributed by atoms with Crippen LogP contribution in [-0.2, 0) is 20.6 Å². The minimum atomic E-state index is -3.97. The van der Waals surface area contributed by atoms with Crippen LogP contribution in [0.2, 0.25) is 5.02 Å². The fourth-order valence-corrected chi connectivity index (χ4v) is 4.59. The Morgan fingerprint density at radius 3 is 2.48 bits per heavy atom. The highest BCUT2D eigenvalue weighted by Gasteiger charge is 2.52. The summed E-state index contributed by atoms with van der Waals surface area (Å²) in [4.78, 5) is 12.7. The molecule has 1 aliphatic rings. The fourth-order valence-electron chi connectivity index (χ4n) is 2.82. The predicted octanol–water partition coefficient (Wildman–Crippen LogP) is 3.09. The zero-order valence-corrected chi connectivity index (χ0v) is 17.4. The minimum absolute atomic E-state index is 0.0325. The van der Waals surface area contributed by atoms with Crippen LogP contribution in [-0.4, -0.2) is 34.1 Å². The largest absolute Gasteiger partial charge is 0.497 e. The average molecular weight is 443 g/mol. The van der Waals surface area contributed by atoms with Gasteiger partial charge in [0.2, 0.25) is 15.9 Å². The summed E-state index contributed by atoms with van der Waals surface area (Å²) in [5.41, 5.74) is -0.922. The van der Waals surface area contributed by atoms with Gasteiger partial charge in [-0.15, -0.1) is 0 Å². The first-order valence-electron chi connectivity index (χ1n) is 8.67. The number of carbonyl (C=O) groups excluding carboxylic acids is 1. The summed E-state index contributed by atoms with van der Waals surface area (Å²) in [6, 6.07) is 8.60. The van der Waals surface area contributed by atoms with Crippen LogP contribution in [0.5, 0.6) is 11.5 Å². The van der Waals surface area contributed by atoms with Crippen LogP contribution in [0.4, 0.5) is 10.1 Å². The van der Waals surface area contributed by atoms with Crippen molar-refractivity contribution in [1.82, 2.24) is 4.72 Å². The normalized spacial score (nSPS) is 14.9. The summed E-state index contributed by atoms with van der Waals surface area (Å²) in [5.74, 6) is -0.913. The molecule has 0 spiro atoms. The van der Waals surface area contributed by atoms with Gasteiger partial charge in [0, 0.05) is 16.7 Å². The van der Waals surface area contributed by atoms with E-state index in [0.717, 1.165) is 6.07 Å². The first-order valence-corrected chi connectivity index (χ1v) is 10.7. The van der Waals surface area contributed by atoms with E-state index < -0.39 is 33.0 Å². The quantitative estimate of drug-likeness (QED) is 0.655. The van der Waals surface area contributed by atoms with E-state index in [-0.39, 0.29) is 10.6 Å². The van der Waals surface area contributed by atoms with E-state index >= 15 is 0 Å². The number of hydrogen-bond donors (Lipinski definition) is 2. The molecule has 0 saturated heterocycles. The number of carbonyl (C=O) groups is 1. The van der Waals surface area contributed by atoms with E-state index in [1.807, 2.05) is 0 Å². The Morgan fingerprint density at radius 1 is 1.17 bits per heavy atom. The van der Waals surface area contributed by atoms with Crippen LogP contribution in [0.3, 0.4) is 0 Å². The van der Waals surface area contributed by atoms with Crippen LogP contribution < -0.4 is 19.5 Å². The molecule has 0 heterocycles. The molecule has 0 unspecified atom stereocenters. The first kappa shape index (κ1) is 21.4. The lowest BCUT2D eigenvalue weighted by Gasteiger charge is -2.19. The van der Waals surface area contributed by atoms with E-state index in [9.17, 15) is 17.6 Å². The number of nitrogens with one attached hydrogen (secondary N) is 2. The highest BCUT2D eigenvalue weighted by atomic mass is 35.5. The van der Waals surface area contributed by atoms with Crippen molar-refractivity contribution >= 4 is 33.2 Å². The molecular weight excluding hydrogens is 423 g/mol. The van der Waals surface area contributed by atoms with Crippen molar-refractivity contribution in [3.63, 3.8) is 0 Å². The Morgan fingerprint density at radius 2 is 1.90 bits per heavy atom. The maximum absolute atomic E-state index is 13.9. The molecule has 1 fully saturated rings. The lowest BCUT2D eigenvalue weighted by atomic mass is 10.2. The van der Waals surface area contributed by atoms with Gasteiger partial charge in [0.1, 0.15) is 22.9 Å². The molecule has 0 radical (unpaired) electrons. The van der Waals surface area contributed by atoms with Gasteiger partial charge in [0.25, 0.3) is 0 Å². The zero-order chi connectivity index (χ0) is 21.2. The SMILES string of the molecule is COc1ccc(NC(=O)C2(NS(=O)(=O)Cc3ccc(Cl)cc3F)CC2)c(OC)c1. The van der Waals surface area contributed by atoms with Gasteiger partial charge in [0.05, 0.1) is 25.7 Å². The van der Waals surface area contributed by atoms with Gasteiger partial charge in [-0.2, -0.15) is 4.72 Å². The summed E-state index contributed by atoms with van der Waals surface area (Å²) >= 11 is 5.69. The van der Waals surface area contributed by atoms with E-state index in [1.165, 1.54) is 26.4 Å². The maximum atomic E-state index is 13.9. The fraction of sp³-hybridized carbons (Fsp3) is 0.316. The molecule has 1 amide bonds. The second kappa shape index (κ2) is 8.17. The highest BCUT2D eigenvalue weighted by Crippen LogP contribution is 2.39. The molecule has 0 bridgehead atoms. The number of benzene rings is 2. The Hall–Kier alpha value is -2.36. The molecule has 2 aromatic carbocycles. The second-order valence-corrected chi connectivity index (χ2v) is 8.86.